The number of aromatic nitrogens is 1. The molecule has 1 heterocycles. The maximum Gasteiger partial charge on any atom is 0.256 e. The Kier molecular flexibility index (Phi) is 4.51. The van der Waals surface area contributed by atoms with Crippen molar-refractivity contribution in [2.45, 2.75) is 9.79 Å². The first kappa shape index (κ1) is 14.4. The number of hydrogen-bond acceptors (Lipinski definition) is 3. The van der Waals surface area contributed by atoms with E-state index in [0.717, 1.165) is 9.79 Å². The SMILES string of the molecule is O=C(Nc1cccnc1)c1ccccc1Sc1ccccc1. The molecule has 0 aliphatic carbocycles. The smallest absolute Gasteiger partial charge is 0.256 e. The molecule has 3 nitrogen and oxygen atoms in total. The third kappa shape index (κ3) is 3.54. The summed E-state index contributed by atoms with van der Waals surface area (Å²) in [7, 11) is 0. The quantitative estimate of drug-likeness (QED) is 0.772. The summed E-state index contributed by atoms with van der Waals surface area (Å²) in [6.07, 6.45) is 3.31. The summed E-state index contributed by atoms with van der Waals surface area (Å²) in [6, 6.07) is 21.2. The molecular weight excluding hydrogens is 292 g/mol. The van der Waals surface area contributed by atoms with Gasteiger partial charge in [-0.25, -0.2) is 0 Å². The third-order valence-electron chi connectivity index (χ3n) is 3.02. The van der Waals surface area contributed by atoms with Crippen molar-refractivity contribution in [3.05, 3.63) is 84.7 Å². The maximum atomic E-state index is 12.5. The van der Waals surface area contributed by atoms with Gasteiger partial charge < -0.3 is 5.32 Å². The van der Waals surface area contributed by atoms with Crippen LogP contribution in [0, 0.1) is 0 Å². The van der Waals surface area contributed by atoms with E-state index in [9.17, 15) is 4.79 Å². The van der Waals surface area contributed by atoms with Gasteiger partial charge in [0.2, 0.25) is 0 Å². The standard InChI is InChI=1S/C18H14N2OS/c21-18(20-14-7-6-12-19-13-14)16-10-4-5-11-17(16)22-15-8-2-1-3-9-15/h1-13H,(H,20,21). The van der Waals surface area contributed by atoms with Crippen molar-refractivity contribution in [1.82, 2.24) is 4.98 Å². The van der Waals surface area contributed by atoms with Gasteiger partial charge in [-0.3, -0.25) is 9.78 Å². The summed E-state index contributed by atoms with van der Waals surface area (Å²) >= 11 is 1.58. The molecule has 1 aromatic heterocycles. The first-order chi connectivity index (χ1) is 10.8. The number of nitrogens with one attached hydrogen (secondary N) is 1. The molecule has 0 unspecified atom stereocenters. The maximum absolute atomic E-state index is 12.5. The summed E-state index contributed by atoms with van der Waals surface area (Å²) in [5.41, 5.74) is 1.34. The van der Waals surface area contributed by atoms with E-state index >= 15 is 0 Å². The number of carbonyl (C=O) groups excluding carboxylic acids is 1. The van der Waals surface area contributed by atoms with Gasteiger partial charge in [0.1, 0.15) is 0 Å². The van der Waals surface area contributed by atoms with Gasteiger partial charge in [0.05, 0.1) is 17.4 Å². The number of carbonyl (C=O) groups is 1. The van der Waals surface area contributed by atoms with E-state index in [1.165, 1.54) is 0 Å². The van der Waals surface area contributed by atoms with Crippen LogP contribution in [-0.4, -0.2) is 10.9 Å². The van der Waals surface area contributed by atoms with E-state index in [-0.39, 0.29) is 5.91 Å². The summed E-state index contributed by atoms with van der Waals surface area (Å²) in [4.78, 5) is 18.5. The minimum Gasteiger partial charge on any atom is -0.321 e. The zero-order chi connectivity index (χ0) is 15.2. The number of anilines is 1. The first-order valence-electron chi connectivity index (χ1n) is 6.86. The van der Waals surface area contributed by atoms with Crippen LogP contribution in [0.15, 0.2) is 88.9 Å². The Morgan fingerprint density at radius 1 is 0.909 bits per heavy atom. The average Bonchev–Trinajstić information content (AvgIpc) is 2.57. The van der Waals surface area contributed by atoms with Crippen LogP contribution in [0.5, 0.6) is 0 Å². The number of pyridine rings is 1. The lowest BCUT2D eigenvalue weighted by molar-refractivity contribution is 0.102. The number of rotatable bonds is 4. The molecule has 0 bridgehead atoms. The molecule has 0 aliphatic heterocycles. The Bertz CT molecular complexity index is 760. The molecule has 0 radical (unpaired) electrons. The van der Waals surface area contributed by atoms with E-state index in [0.29, 0.717) is 11.3 Å². The number of amides is 1. The average molecular weight is 306 g/mol. The van der Waals surface area contributed by atoms with Crippen LogP contribution in [0.25, 0.3) is 0 Å². The first-order valence-corrected chi connectivity index (χ1v) is 7.68. The summed E-state index contributed by atoms with van der Waals surface area (Å²) in [6.45, 7) is 0. The van der Waals surface area contributed by atoms with Crippen molar-refractivity contribution in [3.63, 3.8) is 0 Å². The Hall–Kier alpha value is -2.59. The minimum absolute atomic E-state index is 0.132. The zero-order valence-corrected chi connectivity index (χ0v) is 12.6. The third-order valence-corrected chi connectivity index (χ3v) is 4.11. The fourth-order valence-corrected chi connectivity index (χ4v) is 2.96. The molecule has 22 heavy (non-hydrogen) atoms. The normalized spacial score (nSPS) is 10.2. The highest BCUT2D eigenvalue weighted by atomic mass is 32.2. The number of benzene rings is 2. The van der Waals surface area contributed by atoms with Gasteiger partial charge >= 0.3 is 0 Å². The van der Waals surface area contributed by atoms with E-state index < -0.39 is 0 Å². The van der Waals surface area contributed by atoms with Crippen molar-refractivity contribution >= 4 is 23.4 Å². The summed E-state index contributed by atoms with van der Waals surface area (Å²) < 4.78 is 0. The van der Waals surface area contributed by atoms with Crippen molar-refractivity contribution in [2.24, 2.45) is 0 Å². The van der Waals surface area contributed by atoms with Crippen molar-refractivity contribution in [1.29, 1.82) is 0 Å². The van der Waals surface area contributed by atoms with E-state index in [4.69, 9.17) is 0 Å². The van der Waals surface area contributed by atoms with Crippen LogP contribution in [0.1, 0.15) is 10.4 Å². The Balaban J connectivity index is 1.83. The van der Waals surface area contributed by atoms with Crippen LogP contribution in [0.3, 0.4) is 0 Å². The predicted molar refractivity (Wildman–Crippen MR) is 89.2 cm³/mol. The molecule has 0 saturated heterocycles. The van der Waals surface area contributed by atoms with E-state index in [1.807, 2.05) is 60.7 Å². The van der Waals surface area contributed by atoms with Crippen molar-refractivity contribution < 1.29 is 4.79 Å². The van der Waals surface area contributed by atoms with Crippen molar-refractivity contribution in [3.8, 4) is 0 Å². The topological polar surface area (TPSA) is 42.0 Å². The number of hydrogen-bond donors (Lipinski definition) is 1. The lowest BCUT2D eigenvalue weighted by Crippen LogP contribution is -2.12. The second-order valence-electron chi connectivity index (χ2n) is 4.61. The fraction of sp³-hybridized carbons (Fsp3) is 0. The molecule has 108 valence electrons. The van der Waals surface area contributed by atoms with Gasteiger partial charge in [0.25, 0.3) is 5.91 Å². The molecule has 1 N–H and O–H groups in total. The summed E-state index contributed by atoms with van der Waals surface area (Å²) in [5, 5.41) is 2.87. The lowest BCUT2D eigenvalue weighted by atomic mass is 10.2. The largest absolute Gasteiger partial charge is 0.321 e. The van der Waals surface area contributed by atoms with Crippen LogP contribution in [-0.2, 0) is 0 Å². The minimum atomic E-state index is -0.132. The van der Waals surface area contributed by atoms with Crippen LogP contribution >= 0.6 is 11.8 Å². The van der Waals surface area contributed by atoms with Gasteiger partial charge in [-0.2, -0.15) is 0 Å². The molecule has 4 heteroatoms. The van der Waals surface area contributed by atoms with Gasteiger partial charge in [-0.1, -0.05) is 42.1 Å². The molecule has 0 aliphatic rings. The molecule has 0 fully saturated rings. The number of nitrogens with zero attached hydrogens (tertiary/aromatic N) is 1. The van der Waals surface area contributed by atoms with Gasteiger partial charge in [0.15, 0.2) is 0 Å². The van der Waals surface area contributed by atoms with Crippen LogP contribution < -0.4 is 5.32 Å². The Morgan fingerprint density at radius 3 is 2.45 bits per heavy atom. The Labute approximate surface area is 133 Å². The molecule has 0 atom stereocenters. The molecule has 3 rings (SSSR count). The Morgan fingerprint density at radius 2 is 1.68 bits per heavy atom. The fourth-order valence-electron chi connectivity index (χ4n) is 1.99. The predicted octanol–water partition coefficient (Wildman–Crippen LogP) is 4.49. The highest BCUT2D eigenvalue weighted by Gasteiger charge is 2.12. The molecule has 2 aromatic carbocycles. The van der Waals surface area contributed by atoms with E-state index in [1.54, 1.807) is 30.2 Å². The molecule has 0 spiro atoms. The highest BCUT2D eigenvalue weighted by molar-refractivity contribution is 7.99. The zero-order valence-electron chi connectivity index (χ0n) is 11.8. The van der Waals surface area contributed by atoms with Crippen LogP contribution in [0.4, 0.5) is 5.69 Å². The van der Waals surface area contributed by atoms with Crippen LogP contribution in [0.2, 0.25) is 0 Å². The van der Waals surface area contributed by atoms with E-state index in [2.05, 4.69) is 10.3 Å². The second-order valence-corrected chi connectivity index (χ2v) is 5.72. The van der Waals surface area contributed by atoms with Gasteiger partial charge in [-0.05, 0) is 36.4 Å². The highest BCUT2D eigenvalue weighted by Crippen LogP contribution is 2.30. The molecular formula is C18H14N2OS. The summed E-state index contributed by atoms with van der Waals surface area (Å²) in [5.74, 6) is -0.132. The van der Waals surface area contributed by atoms with Crippen molar-refractivity contribution in [2.75, 3.05) is 5.32 Å². The molecule has 3 aromatic rings. The monoisotopic (exact) mass is 306 g/mol. The lowest BCUT2D eigenvalue weighted by Gasteiger charge is -2.09. The second kappa shape index (κ2) is 6.91. The molecule has 1 amide bonds. The van der Waals surface area contributed by atoms with Gasteiger partial charge in [0, 0.05) is 16.0 Å². The molecule has 0 saturated carbocycles. The van der Waals surface area contributed by atoms with Gasteiger partial charge in [-0.15, -0.1) is 0 Å².